The van der Waals surface area contributed by atoms with Crippen LogP contribution in [0.15, 0.2) is 0 Å². The van der Waals surface area contributed by atoms with Crippen molar-refractivity contribution in [3.63, 3.8) is 0 Å². The van der Waals surface area contributed by atoms with E-state index in [0.29, 0.717) is 0 Å². The van der Waals surface area contributed by atoms with E-state index in [1.54, 1.807) is 6.92 Å². The van der Waals surface area contributed by atoms with Crippen molar-refractivity contribution in [2.45, 2.75) is 25.5 Å². The second-order valence-corrected chi connectivity index (χ2v) is 3.15. The molecule has 0 bridgehead atoms. The lowest BCUT2D eigenvalue weighted by molar-refractivity contribution is -0.147. The minimum Gasteiger partial charge on any atom is -0.464 e. The summed E-state index contributed by atoms with van der Waals surface area (Å²) < 4.78 is 4.76. The Hall–Kier alpha value is -1.04. The van der Waals surface area contributed by atoms with Crippen LogP contribution in [0.2, 0.25) is 0 Å². The highest BCUT2D eigenvalue weighted by atomic mass is 16.5. The quantitative estimate of drug-likeness (QED) is 0.468. The number of hydrogen-bond acceptors (Lipinski definition) is 4. The third-order valence-corrected chi connectivity index (χ3v) is 2.12. The number of esters is 1. The van der Waals surface area contributed by atoms with Gasteiger partial charge in [0.05, 0.1) is 12.7 Å². The van der Waals surface area contributed by atoms with Crippen molar-refractivity contribution < 1.29 is 19.4 Å². The van der Waals surface area contributed by atoms with Crippen molar-refractivity contribution in [1.29, 1.82) is 0 Å². The van der Waals surface area contributed by atoms with Gasteiger partial charge in [-0.3, -0.25) is 4.79 Å². The first kappa shape index (κ1) is 11.0. The molecule has 0 aromatic carbocycles. The van der Waals surface area contributed by atoms with Crippen LogP contribution < -0.4 is 0 Å². The van der Waals surface area contributed by atoms with Crippen LogP contribution in [0.5, 0.6) is 0 Å². The van der Waals surface area contributed by atoms with Crippen molar-refractivity contribution in [1.82, 2.24) is 4.90 Å². The van der Waals surface area contributed by atoms with Crippen molar-refractivity contribution >= 4 is 19.6 Å². The third-order valence-electron chi connectivity index (χ3n) is 2.12. The van der Waals surface area contributed by atoms with Gasteiger partial charge in [0.2, 0.25) is 7.85 Å². The number of aliphatic hydroxyl groups is 1. The van der Waals surface area contributed by atoms with Crippen LogP contribution >= 0.6 is 0 Å². The number of carbonyl (C=O) groups is 2. The van der Waals surface area contributed by atoms with Gasteiger partial charge >= 0.3 is 5.97 Å². The van der Waals surface area contributed by atoms with Gasteiger partial charge in [0.25, 0.3) is 0 Å². The lowest BCUT2D eigenvalue weighted by atomic mass is 10.1. The zero-order valence-electron chi connectivity index (χ0n) is 7.97. The summed E-state index contributed by atoms with van der Waals surface area (Å²) in [5.41, 5.74) is 0. The SMILES string of the molecule is [B]C(=O)N1C[C@H](O)C[C@@H]1C(=O)OCC. The first-order chi connectivity index (χ1) is 6.56. The smallest absolute Gasteiger partial charge is 0.328 e. The maximum absolute atomic E-state index is 11.3. The normalized spacial score (nSPS) is 26.3. The van der Waals surface area contributed by atoms with Gasteiger partial charge in [-0.15, -0.1) is 0 Å². The average Bonchev–Trinajstić information content (AvgIpc) is 2.48. The van der Waals surface area contributed by atoms with E-state index in [1.165, 1.54) is 0 Å². The van der Waals surface area contributed by atoms with E-state index in [1.807, 2.05) is 0 Å². The molecule has 0 saturated carbocycles. The molecule has 0 unspecified atom stereocenters. The number of ether oxygens (including phenoxy) is 1. The number of nitrogens with zero attached hydrogens (tertiary/aromatic N) is 1. The topological polar surface area (TPSA) is 66.8 Å². The zero-order chi connectivity index (χ0) is 10.7. The lowest BCUT2D eigenvalue weighted by Crippen LogP contribution is -2.40. The Balaban J connectivity index is 2.66. The molecule has 1 N–H and O–H groups in total. The number of aliphatic hydroxyl groups excluding tert-OH is 1. The molecule has 0 aliphatic carbocycles. The van der Waals surface area contributed by atoms with E-state index in [9.17, 15) is 14.7 Å². The highest BCUT2D eigenvalue weighted by molar-refractivity contribution is 6.57. The van der Waals surface area contributed by atoms with Gasteiger partial charge < -0.3 is 14.7 Å². The van der Waals surface area contributed by atoms with Crippen LogP contribution in [-0.4, -0.2) is 54.9 Å². The van der Waals surface area contributed by atoms with Gasteiger partial charge in [-0.1, -0.05) is 0 Å². The minimum atomic E-state index is -0.734. The monoisotopic (exact) mass is 197 g/mol. The highest BCUT2D eigenvalue weighted by Gasteiger charge is 2.37. The Labute approximate surface area is 83.4 Å². The highest BCUT2D eigenvalue weighted by Crippen LogP contribution is 2.18. The summed E-state index contributed by atoms with van der Waals surface area (Å²) in [6.45, 7) is 2.02. The molecule has 1 amide bonds. The van der Waals surface area contributed by atoms with Crippen LogP contribution in [0.3, 0.4) is 0 Å². The summed E-state index contributed by atoms with van der Waals surface area (Å²) in [6, 6.07) is -0.734. The Morgan fingerprint density at radius 2 is 2.29 bits per heavy atom. The first-order valence-corrected chi connectivity index (χ1v) is 4.47. The molecule has 1 aliphatic rings. The number of carbonyl (C=O) groups excluding carboxylic acids is 2. The van der Waals surface area contributed by atoms with Gasteiger partial charge in [-0.2, -0.15) is 0 Å². The summed E-state index contributed by atoms with van der Waals surface area (Å²) in [7, 11) is 5.05. The Bertz CT molecular complexity index is 245. The summed E-state index contributed by atoms with van der Waals surface area (Å²) in [4.78, 5) is 23.3. The molecular weight excluding hydrogens is 185 g/mol. The van der Waals surface area contributed by atoms with E-state index in [-0.39, 0.29) is 19.6 Å². The summed E-state index contributed by atoms with van der Waals surface area (Å²) in [6.07, 6.45) is -0.501. The van der Waals surface area contributed by atoms with Crippen LogP contribution in [0.25, 0.3) is 0 Å². The lowest BCUT2D eigenvalue weighted by Gasteiger charge is -2.21. The zero-order valence-corrected chi connectivity index (χ0v) is 7.97. The van der Waals surface area contributed by atoms with Crippen LogP contribution in [0, 0.1) is 0 Å². The van der Waals surface area contributed by atoms with E-state index in [4.69, 9.17) is 12.6 Å². The second kappa shape index (κ2) is 4.46. The van der Waals surface area contributed by atoms with Gasteiger partial charge in [-0.25, -0.2) is 4.79 Å². The van der Waals surface area contributed by atoms with Gasteiger partial charge in [0.1, 0.15) is 6.04 Å². The molecule has 0 aromatic heterocycles. The predicted molar refractivity (Wildman–Crippen MR) is 48.9 cm³/mol. The molecule has 0 aromatic rings. The van der Waals surface area contributed by atoms with Gasteiger partial charge in [-0.05, 0) is 6.92 Å². The standard InChI is InChI=1S/C8H12BNO4/c1-2-14-7(12)6-3-5(11)4-10(6)8(9)13/h5-6,11H,2-4H2,1H3/t5-,6-/m1/s1. The molecule has 2 radical (unpaired) electrons. The fourth-order valence-corrected chi connectivity index (χ4v) is 1.52. The van der Waals surface area contributed by atoms with Crippen molar-refractivity contribution in [2.75, 3.05) is 13.2 Å². The van der Waals surface area contributed by atoms with E-state index in [2.05, 4.69) is 0 Å². The number of amides is 1. The Morgan fingerprint density at radius 3 is 2.79 bits per heavy atom. The third kappa shape index (κ3) is 2.26. The average molecular weight is 197 g/mol. The Kier molecular flexibility index (Phi) is 3.52. The van der Waals surface area contributed by atoms with E-state index < -0.39 is 23.9 Å². The Morgan fingerprint density at radius 1 is 1.64 bits per heavy atom. The molecule has 1 heterocycles. The number of likely N-dealkylation sites (tertiary alicyclic amines) is 1. The molecule has 2 atom stereocenters. The van der Waals surface area contributed by atoms with E-state index >= 15 is 0 Å². The van der Waals surface area contributed by atoms with Crippen molar-refractivity contribution in [3.05, 3.63) is 0 Å². The molecule has 1 fully saturated rings. The molecule has 0 spiro atoms. The summed E-state index contributed by atoms with van der Waals surface area (Å²) >= 11 is 0. The predicted octanol–water partition coefficient (Wildman–Crippen LogP) is -0.727. The number of β-amino-alcohol motifs (C(OH)–C–C–N with tert-alkyl or cyclic N) is 1. The van der Waals surface area contributed by atoms with E-state index in [0.717, 1.165) is 4.90 Å². The molecule has 5 nitrogen and oxygen atoms in total. The fraction of sp³-hybridized carbons (Fsp3) is 0.750. The second-order valence-electron chi connectivity index (χ2n) is 3.15. The maximum Gasteiger partial charge on any atom is 0.328 e. The molecule has 1 aliphatic heterocycles. The summed E-state index contributed by atoms with van der Waals surface area (Å²) in [5, 5.41) is 9.28. The minimum absolute atomic E-state index is 0.0960. The number of rotatable bonds is 2. The maximum atomic E-state index is 11.3. The molecular formula is C8H12BNO4. The largest absolute Gasteiger partial charge is 0.464 e. The fourth-order valence-electron chi connectivity index (χ4n) is 1.52. The number of hydrogen-bond donors (Lipinski definition) is 1. The van der Waals surface area contributed by atoms with Crippen molar-refractivity contribution in [3.8, 4) is 0 Å². The first-order valence-electron chi connectivity index (χ1n) is 4.47. The molecule has 6 heteroatoms. The molecule has 1 rings (SSSR count). The molecule has 76 valence electrons. The van der Waals surface area contributed by atoms with Crippen LogP contribution in [0.4, 0.5) is 4.79 Å². The van der Waals surface area contributed by atoms with Crippen LogP contribution in [0.1, 0.15) is 13.3 Å². The van der Waals surface area contributed by atoms with Gasteiger partial charge in [0, 0.05) is 13.0 Å². The summed E-state index contributed by atoms with van der Waals surface area (Å²) in [5.74, 6) is -1.22. The van der Waals surface area contributed by atoms with Crippen LogP contribution in [-0.2, 0) is 9.53 Å². The molecule has 1 saturated heterocycles. The van der Waals surface area contributed by atoms with Crippen molar-refractivity contribution in [2.24, 2.45) is 0 Å². The molecule has 14 heavy (non-hydrogen) atoms. The van der Waals surface area contributed by atoms with Gasteiger partial charge in [0.15, 0.2) is 5.81 Å².